The van der Waals surface area contributed by atoms with Gasteiger partial charge in [0.15, 0.2) is 0 Å². The van der Waals surface area contributed by atoms with Gasteiger partial charge in [-0.1, -0.05) is 6.92 Å². The van der Waals surface area contributed by atoms with E-state index in [1.165, 1.54) is 12.1 Å². The van der Waals surface area contributed by atoms with Gasteiger partial charge >= 0.3 is 6.18 Å². The molecule has 5 nitrogen and oxygen atoms in total. The van der Waals surface area contributed by atoms with Gasteiger partial charge in [0.25, 0.3) is 11.8 Å². The van der Waals surface area contributed by atoms with Crippen molar-refractivity contribution in [2.45, 2.75) is 32.5 Å². The fourth-order valence-corrected chi connectivity index (χ4v) is 2.88. The third-order valence-corrected chi connectivity index (χ3v) is 4.35. The van der Waals surface area contributed by atoms with Crippen molar-refractivity contribution in [1.82, 2.24) is 9.80 Å². The summed E-state index contributed by atoms with van der Waals surface area (Å²) in [6.45, 7) is 5.61. The van der Waals surface area contributed by atoms with Gasteiger partial charge in [0.1, 0.15) is 6.10 Å². The van der Waals surface area contributed by atoms with Crippen LogP contribution in [0.15, 0.2) is 24.3 Å². The third kappa shape index (κ3) is 4.75. The van der Waals surface area contributed by atoms with E-state index in [1.807, 2.05) is 13.8 Å². The van der Waals surface area contributed by atoms with E-state index < -0.39 is 17.8 Å². The second-order valence-electron chi connectivity index (χ2n) is 6.04. The van der Waals surface area contributed by atoms with Crippen LogP contribution >= 0.6 is 0 Å². The SMILES string of the molecule is CCOC(CC)C(=O)N1CCN(C(=O)c2ccc(C(F)(F)F)cc2)CC1. The number of halogens is 3. The molecule has 1 unspecified atom stereocenters. The first-order chi connectivity index (χ1) is 12.3. The van der Waals surface area contributed by atoms with Gasteiger partial charge in [-0.15, -0.1) is 0 Å². The molecule has 0 bridgehead atoms. The number of alkyl halides is 3. The summed E-state index contributed by atoms with van der Waals surface area (Å²) in [5, 5.41) is 0. The zero-order chi connectivity index (χ0) is 19.3. The van der Waals surface area contributed by atoms with E-state index in [1.54, 1.807) is 9.80 Å². The van der Waals surface area contributed by atoms with Crippen molar-refractivity contribution >= 4 is 11.8 Å². The zero-order valence-electron chi connectivity index (χ0n) is 14.9. The number of ether oxygens (including phenoxy) is 1. The molecule has 0 spiro atoms. The molecule has 2 rings (SSSR count). The van der Waals surface area contributed by atoms with Crippen LogP contribution in [0.3, 0.4) is 0 Å². The minimum absolute atomic E-state index is 0.0871. The van der Waals surface area contributed by atoms with Crippen LogP contribution in [0.25, 0.3) is 0 Å². The van der Waals surface area contributed by atoms with Crippen LogP contribution in [0, 0.1) is 0 Å². The van der Waals surface area contributed by atoms with Crippen molar-refractivity contribution in [3.63, 3.8) is 0 Å². The highest BCUT2D eigenvalue weighted by molar-refractivity contribution is 5.94. The van der Waals surface area contributed by atoms with E-state index in [-0.39, 0.29) is 17.4 Å². The predicted molar refractivity (Wildman–Crippen MR) is 89.6 cm³/mol. The first-order valence-electron chi connectivity index (χ1n) is 8.64. The van der Waals surface area contributed by atoms with Crippen LogP contribution in [-0.2, 0) is 15.7 Å². The molecule has 1 heterocycles. The van der Waals surface area contributed by atoms with Crippen LogP contribution in [-0.4, -0.2) is 60.5 Å². The summed E-state index contributed by atoms with van der Waals surface area (Å²) in [5.74, 6) is -0.418. The number of rotatable bonds is 5. The summed E-state index contributed by atoms with van der Waals surface area (Å²) in [4.78, 5) is 28.1. The van der Waals surface area contributed by atoms with Crippen LogP contribution in [0.5, 0.6) is 0 Å². The Balaban J connectivity index is 1.95. The highest BCUT2D eigenvalue weighted by Crippen LogP contribution is 2.29. The Morgan fingerprint density at radius 1 is 1.04 bits per heavy atom. The maximum Gasteiger partial charge on any atom is 0.416 e. The van der Waals surface area contributed by atoms with E-state index >= 15 is 0 Å². The molecule has 26 heavy (non-hydrogen) atoms. The molecule has 0 saturated carbocycles. The quantitative estimate of drug-likeness (QED) is 0.799. The van der Waals surface area contributed by atoms with E-state index in [0.29, 0.717) is 39.2 Å². The number of hydrogen-bond donors (Lipinski definition) is 0. The van der Waals surface area contributed by atoms with Crippen LogP contribution < -0.4 is 0 Å². The number of nitrogens with zero attached hydrogens (tertiary/aromatic N) is 2. The Morgan fingerprint density at radius 2 is 1.58 bits per heavy atom. The Hall–Kier alpha value is -2.09. The predicted octanol–water partition coefficient (Wildman–Crippen LogP) is 2.80. The molecule has 144 valence electrons. The van der Waals surface area contributed by atoms with Crippen molar-refractivity contribution in [3.8, 4) is 0 Å². The van der Waals surface area contributed by atoms with Gasteiger partial charge in [0.05, 0.1) is 5.56 Å². The molecule has 1 aromatic rings. The molecule has 1 aromatic carbocycles. The Morgan fingerprint density at radius 3 is 2.04 bits per heavy atom. The average molecular weight is 372 g/mol. The lowest BCUT2D eigenvalue weighted by molar-refractivity contribution is -0.145. The summed E-state index contributed by atoms with van der Waals surface area (Å²) in [6.07, 6.45) is -4.32. The number of amides is 2. The lowest BCUT2D eigenvalue weighted by atomic mass is 10.1. The number of hydrogen-bond acceptors (Lipinski definition) is 3. The largest absolute Gasteiger partial charge is 0.416 e. The van der Waals surface area contributed by atoms with E-state index in [0.717, 1.165) is 12.1 Å². The van der Waals surface area contributed by atoms with Gasteiger partial charge in [-0.05, 0) is 37.6 Å². The lowest BCUT2D eigenvalue weighted by Crippen LogP contribution is -2.53. The molecule has 1 fully saturated rings. The highest BCUT2D eigenvalue weighted by atomic mass is 19.4. The molecule has 1 saturated heterocycles. The first-order valence-corrected chi connectivity index (χ1v) is 8.64. The number of carbonyl (C=O) groups excluding carboxylic acids is 2. The van der Waals surface area contributed by atoms with Crippen molar-refractivity contribution < 1.29 is 27.5 Å². The number of benzene rings is 1. The van der Waals surface area contributed by atoms with Crippen LogP contribution in [0.4, 0.5) is 13.2 Å². The maximum absolute atomic E-state index is 12.6. The third-order valence-electron chi connectivity index (χ3n) is 4.35. The van der Waals surface area contributed by atoms with Crippen molar-refractivity contribution in [2.24, 2.45) is 0 Å². The smallest absolute Gasteiger partial charge is 0.369 e. The monoisotopic (exact) mass is 372 g/mol. The van der Waals surface area contributed by atoms with E-state index in [9.17, 15) is 22.8 Å². The molecular weight excluding hydrogens is 349 g/mol. The maximum atomic E-state index is 12.6. The number of piperazine rings is 1. The van der Waals surface area contributed by atoms with Gasteiger partial charge in [0, 0.05) is 38.3 Å². The van der Waals surface area contributed by atoms with Gasteiger partial charge in [0.2, 0.25) is 0 Å². The molecule has 8 heteroatoms. The molecule has 0 radical (unpaired) electrons. The lowest BCUT2D eigenvalue weighted by Gasteiger charge is -2.36. The fourth-order valence-electron chi connectivity index (χ4n) is 2.88. The summed E-state index contributed by atoms with van der Waals surface area (Å²) in [5.41, 5.74) is -0.579. The zero-order valence-corrected chi connectivity index (χ0v) is 14.9. The minimum Gasteiger partial charge on any atom is -0.369 e. The van der Waals surface area contributed by atoms with Crippen molar-refractivity contribution in [2.75, 3.05) is 32.8 Å². The minimum atomic E-state index is -4.43. The van der Waals surface area contributed by atoms with Gasteiger partial charge < -0.3 is 14.5 Å². The Kier molecular flexibility index (Phi) is 6.63. The second-order valence-corrected chi connectivity index (χ2v) is 6.04. The highest BCUT2D eigenvalue weighted by Gasteiger charge is 2.31. The topological polar surface area (TPSA) is 49.9 Å². The average Bonchev–Trinajstić information content (AvgIpc) is 2.64. The molecule has 0 aromatic heterocycles. The van der Waals surface area contributed by atoms with Crippen molar-refractivity contribution in [1.29, 1.82) is 0 Å². The Bertz CT molecular complexity index is 624. The van der Waals surface area contributed by atoms with Crippen LogP contribution in [0.1, 0.15) is 36.2 Å². The standard InChI is InChI=1S/C18H23F3N2O3/c1-3-15(26-4-2)17(25)23-11-9-22(10-12-23)16(24)13-5-7-14(8-6-13)18(19,20)21/h5-8,15H,3-4,9-12H2,1-2H3. The molecule has 0 aliphatic carbocycles. The molecule has 1 aliphatic heterocycles. The fraction of sp³-hybridized carbons (Fsp3) is 0.556. The van der Waals surface area contributed by atoms with Gasteiger partial charge in [-0.25, -0.2) is 0 Å². The molecule has 0 N–H and O–H groups in total. The second kappa shape index (κ2) is 8.53. The van der Waals surface area contributed by atoms with E-state index in [2.05, 4.69) is 0 Å². The van der Waals surface area contributed by atoms with Crippen LogP contribution in [0.2, 0.25) is 0 Å². The van der Waals surface area contributed by atoms with E-state index in [4.69, 9.17) is 4.74 Å². The summed E-state index contributed by atoms with van der Waals surface area (Å²) >= 11 is 0. The van der Waals surface area contributed by atoms with Gasteiger partial charge in [-0.3, -0.25) is 9.59 Å². The molecule has 2 amide bonds. The van der Waals surface area contributed by atoms with Crippen molar-refractivity contribution in [3.05, 3.63) is 35.4 Å². The first kappa shape index (κ1) is 20.2. The molecule has 1 atom stereocenters. The number of carbonyl (C=O) groups is 2. The van der Waals surface area contributed by atoms with Gasteiger partial charge in [-0.2, -0.15) is 13.2 Å². The summed E-state index contributed by atoms with van der Waals surface area (Å²) < 4.78 is 43.2. The molecule has 1 aliphatic rings. The molecular formula is C18H23F3N2O3. The normalized spacial score (nSPS) is 16.5. The Labute approximate surface area is 150 Å². The summed E-state index contributed by atoms with van der Waals surface area (Å²) in [7, 11) is 0. The summed E-state index contributed by atoms with van der Waals surface area (Å²) in [6, 6.07) is 4.18.